The monoisotopic (exact) mass is 276 g/mol. The summed E-state index contributed by atoms with van der Waals surface area (Å²) in [5.74, 6) is 0.749. The molecular weight excluding hydrogens is 244 g/mol. The van der Waals surface area contributed by atoms with Gasteiger partial charge in [-0.3, -0.25) is 0 Å². The first-order chi connectivity index (χ1) is 9.40. The van der Waals surface area contributed by atoms with Crippen molar-refractivity contribution in [2.75, 3.05) is 19.6 Å². The van der Waals surface area contributed by atoms with E-state index in [4.69, 9.17) is 5.73 Å². The summed E-state index contributed by atoms with van der Waals surface area (Å²) in [6.07, 6.45) is 1.24. The van der Waals surface area contributed by atoms with Gasteiger partial charge in [0.2, 0.25) is 0 Å². The Kier molecular flexibility index (Phi) is 6.70. The molecule has 0 spiro atoms. The van der Waals surface area contributed by atoms with Crippen molar-refractivity contribution in [1.29, 1.82) is 0 Å². The molecule has 2 heteroatoms. The molecule has 0 bridgehead atoms. The molecule has 2 atom stereocenters. The minimum atomic E-state index is 0.0742. The standard InChI is InChI=1S/C18H32N2/c1-6-15(3)13-20(7-2)14-18(4,5)17(19)16-11-9-8-10-12-16/h8-12,15,17H,6-7,13-14,19H2,1-5H3. The molecule has 2 N–H and O–H groups in total. The van der Waals surface area contributed by atoms with Crippen LogP contribution in [0, 0.1) is 11.3 Å². The second-order valence-corrected chi connectivity index (χ2v) is 6.72. The molecule has 0 aliphatic rings. The van der Waals surface area contributed by atoms with Crippen LogP contribution in [0.4, 0.5) is 0 Å². The fourth-order valence-corrected chi connectivity index (χ4v) is 2.66. The summed E-state index contributed by atoms with van der Waals surface area (Å²) in [6.45, 7) is 14.7. The Hall–Kier alpha value is -0.860. The normalized spacial score (nSPS) is 15.3. The van der Waals surface area contributed by atoms with Gasteiger partial charge in [-0.05, 0) is 23.4 Å². The van der Waals surface area contributed by atoms with Crippen LogP contribution in [-0.2, 0) is 0 Å². The van der Waals surface area contributed by atoms with E-state index in [-0.39, 0.29) is 11.5 Å². The highest BCUT2D eigenvalue weighted by Crippen LogP contribution is 2.32. The number of hydrogen-bond acceptors (Lipinski definition) is 2. The van der Waals surface area contributed by atoms with Crippen molar-refractivity contribution in [3.8, 4) is 0 Å². The molecule has 1 aromatic carbocycles. The lowest BCUT2D eigenvalue weighted by atomic mass is 9.80. The van der Waals surface area contributed by atoms with E-state index < -0.39 is 0 Å². The van der Waals surface area contributed by atoms with Crippen LogP contribution in [-0.4, -0.2) is 24.5 Å². The van der Waals surface area contributed by atoms with E-state index in [1.807, 2.05) is 6.07 Å². The third kappa shape index (κ3) is 4.92. The van der Waals surface area contributed by atoms with Gasteiger partial charge in [0.1, 0.15) is 0 Å². The maximum absolute atomic E-state index is 6.51. The Balaban J connectivity index is 2.71. The largest absolute Gasteiger partial charge is 0.323 e. The first-order valence-corrected chi connectivity index (χ1v) is 7.93. The van der Waals surface area contributed by atoms with Crippen molar-refractivity contribution in [3.63, 3.8) is 0 Å². The van der Waals surface area contributed by atoms with Crippen LogP contribution >= 0.6 is 0 Å². The SMILES string of the molecule is CCC(C)CN(CC)CC(C)(C)C(N)c1ccccc1. The molecule has 0 saturated heterocycles. The quantitative estimate of drug-likeness (QED) is 0.775. The number of hydrogen-bond donors (Lipinski definition) is 1. The van der Waals surface area contributed by atoms with Crippen molar-refractivity contribution >= 4 is 0 Å². The molecule has 2 unspecified atom stereocenters. The Labute approximate surface area is 125 Å². The van der Waals surface area contributed by atoms with Crippen molar-refractivity contribution < 1.29 is 0 Å². The maximum Gasteiger partial charge on any atom is 0.0359 e. The fraction of sp³-hybridized carbons (Fsp3) is 0.667. The van der Waals surface area contributed by atoms with Crippen molar-refractivity contribution in [3.05, 3.63) is 35.9 Å². The molecular formula is C18H32N2. The summed E-state index contributed by atoms with van der Waals surface area (Å²) in [4.78, 5) is 2.54. The summed E-state index contributed by atoms with van der Waals surface area (Å²) in [7, 11) is 0. The number of nitrogens with two attached hydrogens (primary N) is 1. The van der Waals surface area contributed by atoms with Gasteiger partial charge in [0.05, 0.1) is 0 Å². The lowest BCUT2D eigenvalue weighted by molar-refractivity contribution is 0.141. The van der Waals surface area contributed by atoms with Crippen molar-refractivity contribution in [2.24, 2.45) is 17.1 Å². The van der Waals surface area contributed by atoms with Gasteiger partial charge in [-0.15, -0.1) is 0 Å². The molecule has 0 aliphatic carbocycles. The van der Waals surface area contributed by atoms with Gasteiger partial charge in [0.15, 0.2) is 0 Å². The van der Waals surface area contributed by atoms with E-state index in [1.165, 1.54) is 12.0 Å². The molecule has 0 fully saturated rings. The van der Waals surface area contributed by atoms with E-state index in [9.17, 15) is 0 Å². The average Bonchev–Trinajstić information content (AvgIpc) is 2.46. The molecule has 2 nitrogen and oxygen atoms in total. The summed E-state index contributed by atoms with van der Waals surface area (Å²) < 4.78 is 0. The zero-order valence-corrected chi connectivity index (χ0v) is 13.9. The predicted molar refractivity (Wildman–Crippen MR) is 88.7 cm³/mol. The van der Waals surface area contributed by atoms with Crippen LogP contribution < -0.4 is 5.73 Å². The number of benzene rings is 1. The average molecular weight is 276 g/mol. The zero-order chi connectivity index (χ0) is 15.2. The molecule has 0 aromatic heterocycles. The lowest BCUT2D eigenvalue weighted by Crippen LogP contribution is -2.42. The van der Waals surface area contributed by atoms with Gasteiger partial charge in [0.25, 0.3) is 0 Å². The van der Waals surface area contributed by atoms with E-state index in [2.05, 4.69) is 63.8 Å². The topological polar surface area (TPSA) is 29.3 Å². The Morgan fingerprint density at radius 3 is 2.25 bits per heavy atom. The van der Waals surface area contributed by atoms with Crippen LogP contribution in [0.5, 0.6) is 0 Å². The Morgan fingerprint density at radius 2 is 1.75 bits per heavy atom. The molecule has 20 heavy (non-hydrogen) atoms. The molecule has 1 aromatic rings. The van der Waals surface area contributed by atoms with Crippen molar-refractivity contribution in [1.82, 2.24) is 4.90 Å². The highest BCUT2D eigenvalue weighted by Gasteiger charge is 2.29. The van der Waals surface area contributed by atoms with Crippen LogP contribution in [0.2, 0.25) is 0 Å². The molecule has 0 amide bonds. The second-order valence-electron chi connectivity index (χ2n) is 6.72. The predicted octanol–water partition coefficient (Wildman–Crippen LogP) is 4.08. The molecule has 0 aliphatic heterocycles. The van der Waals surface area contributed by atoms with Gasteiger partial charge >= 0.3 is 0 Å². The molecule has 1 rings (SSSR count). The van der Waals surface area contributed by atoms with Crippen molar-refractivity contribution in [2.45, 2.75) is 47.1 Å². The maximum atomic E-state index is 6.51. The van der Waals surface area contributed by atoms with E-state index in [0.717, 1.165) is 25.6 Å². The van der Waals surface area contributed by atoms with Crippen LogP contribution in [0.1, 0.15) is 52.6 Å². The van der Waals surface area contributed by atoms with Gasteiger partial charge in [0, 0.05) is 19.1 Å². The molecule has 0 heterocycles. The fourth-order valence-electron chi connectivity index (χ4n) is 2.66. The number of nitrogens with zero attached hydrogens (tertiary/aromatic N) is 1. The van der Waals surface area contributed by atoms with Gasteiger partial charge in [-0.1, -0.05) is 71.4 Å². The van der Waals surface area contributed by atoms with Gasteiger partial charge < -0.3 is 10.6 Å². The Morgan fingerprint density at radius 1 is 1.15 bits per heavy atom. The summed E-state index contributed by atoms with van der Waals surface area (Å²) in [5.41, 5.74) is 7.82. The second kappa shape index (κ2) is 7.80. The number of rotatable bonds is 8. The van der Waals surface area contributed by atoms with E-state index in [1.54, 1.807) is 0 Å². The van der Waals surface area contributed by atoms with Crippen LogP contribution in [0.3, 0.4) is 0 Å². The lowest BCUT2D eigenvalue weighted by Gasteiger charge is -2.37. The van der Waals surface area contributed by atoms with E-state index in [0.29, 0.717) is 0 Å². The molecule has 0 radical (unpaired) electrons. The molecule has 114 valence electrons. The smallest absolute Gasteiger partial charge is 0.0359 e. The summed E-state index contributed by atoms with van der Waals surface area (Å²) in [6, 6.07) is 10.5. The van der Waals surface area contributed by atoms with Crippen LogP contribution in [0.15, 0.2) is 30.3 Å². The summed E-state index contributed by atoms with van der Waals surface area (Å²) in [5, 5.41) is 0. The third-order valence-electron chi connectivity index (χ3n) is 4.35. The summed E-state index contributed by atoms with van der Waals surface area (Å²) >= 11 is 0. The minimum absolute atomic E-state index is 0.0742. The van der Waals surface area contributed by atoms with Crippen LogP contribution in [0.25, 0.3) is 0 Å². The van der Waals surface area contributed by atoms with E-state index >= 15 is 0 Å². The Bertz CT molecular complexity index is 372. The highest BCUT2D eigenvalue weighted by atomic mass is 15.1. The first-order valence-electron chi connectivity index (χ1n) is 7.93. The zero-order valence-electron chi connectivity index (χ0n) is 13.9. The van der Waals surface area contributed by atoms with Gasteiger partial charge in [-0.25, -0.2) is 0 Å². The van der Waals surface area contributed by atoms with Gasteiger partial charge in [-0.2, -0.15) is 0 Å². The molecule has 0 saturated carbocycles. The highest BCUT2D eigenvalue weighted by molar-refractivity contribution is 5.20. The third-order valence-corrected chi connectivity index (χ3v) is 4.35. The first kappa shape index (κ1) is 17.2. The minimum Gasteiger partial charge on any atom is -0.323 e.